The van der Waals surface area contributed by atoms with Crippen LogP contribution in [0.15, 0.2) is 36.0 Å². The van der Waals surface area contributed by atoms with Gasteiger partial charge in [0.05, 0.1) is 11.3 Å². The molecule has 0 saturated carbocycles. The number of nitrogens with one attached hydrogen (secondary N) is 1. The van der Waals surface area contributed by atoms with Crippen LogP contribution in [0.1, 0.15) is 55.9 Å². The van der Waals surface area contributed by atoms with Crippen LogP contribution in [0.2, 0.25) is 5.15 Å². The number of ether oxygens (including phenoxy) is 1. The molecule has 1 aromatic carbocycles. The van der Waals surface area contributed by atoms with Crippen LogP contribution in [-0.4, -0.2) is 50.8 Å². The Hall–Kier alpha value is -2.61. The lowest BCUT2D eigenvalue weighted by molar-refractivity contribution is -0.143. The van der Waals surface area contributed by atoms with Gasteiger partial charge < -0.3 is 9.84 Å². The Labute approximate surface area is 220 Å². The van der Waals surface area contributed by atoms with E-state index < -0.39 is 5.97 Å². The summed E-state index contributed by atoms with van der Waals surface area (Å²) in [5.41, 5.74) is 5.00. The fraction of sp³-hybridized carbons (Fsp3) is 0.444. The third kappa shape index (κ3) is 5.10. The largest absolute Gasteiger partial charge is 0.485 e. The highest BCUT2D eigenvalue weighted by Crippen LogP contribution is 2.38. The highest BCUT2D eigenvalue weighted by molar-refractivity contribution is 6.49. The summed E-state index contributed by atoms with van der Waals surface area (Å²) >= 11 is 13.1. The molecule has 1 saturated heterocycles. The lowest BCUT2D eigenvalue weighted by atomic mass is 9.90. The topological polar surface area (TPSA) is 91.3 Å². The van der Waals surface area contributed by atoms with Crippen molar-refractivity contribution in [3.8, 4) is 5.75 Å². The number of carboxylic acid groups (broad SMARTS) is 1. The van der Waals surface area contributed by atoms with Gasteiger partial charge in [-0.2, -0.15) is 5.10 Å². The van der Waals surface area contributed by atoms with E-state index in [1.54, 1.807) is 6.20 Å². The second-order valence-electron chi connectivity index (χ2n) is 10.1. The minimum absolute atomic E-state index is 0.190. The number of likely N-dealkylation sites (tertiary alicyclic amines) is 1. The van der Waals surface area contributed by atoms with Crippen LogP contribution in [0.3, 0.4) is 0 Å². The number of H-pyrrole nitrogens is 1. The van der Waals surface area contributed by atoms with Crippen molar-refractivity contribution in [3.05, 3.63) is 57.9 Å². The van der Waals surface area contributed by atoms with Gasteiger partial charge in [0.25, 0.3) is 0 Å². The van der Waals surface area contributed by atoms with Crippen molar-refractivity contribution in [1.29, 1.82) is 0 Å². The molecule has 1 aliphatic heterocycles. The molecule has 1 unspecified atom stereocenters. The first kappa shape index (κ1) is 25.1. The molecule has 2 N–H and O–H groups in total. The van der Waals surface area contributed by atoms with E-state index in [0.717, 1.165) is 59.8 Å². The molecule has 9 heteroatoms. The molecular formula is C27H30Cl2N4O3. The van der Waals surface area contributed by atoms with Crippen LogP contribution in [0.25, 0.3) is 16.1 Å². The molecule has 1 atom stereocenters. The zero-order valence-corrected chi connectivity index (χ0v) is 21.9. The molecule has 36 heavy (non-hydrogen) atoms. The summed E-state index contributed by atoms with van der Waals surface area (Å²) in [7, 11) is 0. The number of benzene rings is 1. The summed E-state index contributed by atoms with van der Waals surface area (Å²) in [5, 5.41) is 18.2. The summed E-state index contributed by atoms with van der Waals surface area (Å²) in [6, 6.07) is 8.12. The maximum absolute atomic E-state index is 11.2. The lowest BCUT2D eigenvalue weighted by Gasteiger charge is -2.32. The van der Waals surface area contributed by atoms with Gasteiger partial charge in [0.15, 0.2) is 5.65 Å². The van der Waals surface area contributed by atoms with Crippen LogP contribution in [0.4, 0.5) is 0 Å². The maximum Gasteiger partial charge on any atom is 0.306 e. The van der Waals surface area contributed by atoms with Crippen molar-refractivity contribution in [1.82, 2.24) is 20.1 Å². The molecule has 3 heterocycles. The van der Waals surface area contributed by atoms with E-state index in [2.05, 4.69) is 46.1 Å². The van der Waals surface area contributed by atoms with E-state index in [1.807, 2.05) is 12.1 Å². The van der Waals surface area contributed by atoms with E-state index >= 15 is 0 Å². The van der Waals surface area contributed by atoms with Crippen molar-refractivity contribution in [3.63, 3.8) is 0 Å². The number of aromatic nitrogens is 3. The number of carbonyl (C=O) groups is 1. The summed E-state index contributed by atoms with van der Waals surface area (Å²) in [5.74, 6) is 0.111. The number of fused-ring (bicyclic) bond motifs is 2. The Balaban J connectivity index is 1.32. The number of pyridine rings is 1. The number of halogens is 2. The van der Waals surface area contributed by atoms with E-state index in [1.165, 1.54) is 11.1 Å². The second-order valence-corrected chi connectivity index (χ2v) is 10.8. The summed E-state index contributed by atoms with van der Waals surface area (Å²) < 4.78 is 6.48. The first-order valence-electron chi connectivity index (χ1n) is 12.4. The van der Waals surface area contributed by atoms with Crippen LogP contribution >= 0.6 is 23.2 Å². The van der Waals surface area contributed by atoms with Crippen molar-refractivity contribution >= 4 is 45.2 Å². The predicted molar refractivity (Wildman–Crippen MR) is 141 cm³/mol. The molecule has 1 aliphatic carbocycles. The van der Waals surface area contributed by atoms with Gasteiger partial charge in [0.2, 0.25) is 0 Å². The SMILES string of the molecule is CC(C)C(Oc1ccc2c(c1)CCC(CN1CCC(C(=O)O)CC1)=C2Cl)c1cnc2n[nH]c(Cl)c2c1. The number of carboxylic acids is 1. The molecule has 7 nitrogen and oxygen atoms in total. The zero-order chi connectivity index (χ0) is 25.4. The van der Waals surface area contributed by atoms with Crippen molar-refractivity contribution in [2.75, 3.05) is 19.6 Å². The molecule has 2 aromatic heterocycles. The Morgan fingerprint density at radius 3 is 2.72 bits per heavy atom. The molecule has 0 bridgehead atoms. The number of hydrogen-bond donors (Lipinski definition) is 2. The normalized spacial score (nSPS) is 18.0. The lowest BCUT2D eigenvalue weighted by Crippen LogP contribution is -2.37. The number of piperidine rings is 1. The van der Waals surface area contributed by atoms with Crippen LogP contribution in [0, 0.1) is 11.8 Å². The minimum atomic E-state index is -0.682. The number of aliphatic carboxylic acids is 1. The van der Waals surface area contributed by atoms with E-state index in [9.17, 15) is 9.90 Å². The molecule has 5 rings (SSSR count). The fourth-order valence-corrected chi connectivity index (χ4v) is 5.70. The van der Waals surface area contributed by atoms with Gasteiger partial charge in [-0.25, -0.2) is 4.98 Å². The predicted octanol–water partition coefficient (Wildman–Crippen LogP) is 6.08. The number of aryl methyl sites for hydroxylation is 1. The first-order valence-corrected chi connectivity index (χ1v) is 13.2. The number of hydrogen-bond acceptors (Lipinski definition) is 5. The number of nitrogens with zero attached hydrogens (tertiary/aromatic N) is 3. The van der Waals surface area contributed by atoms with Crippen LogP contribution in [-0.2, 0) is 11.2 Å². The summed E-state index contributed by atoms with van der Waals surface area (Å²) in [4.78, 5) is 18.0. The monoisotopic (exact) mass is 528 g/mol. The van der Waals surface area contributed by atoms with E-state index in [-0.39, 0.29) is 17.9 Å². The Bertz CT molecular complexity index is 1310. The van der Waals surface area contributed by atoms with Crippen molar-refractivity contribution in [2.24, 2.45) is 11.8 Å². The molecule has 0 radical (unpaired) electrons. The van der Waals surface area contributed by atoms with Gasteiger partial charge in [0.1, 0.15) is 17.0 Å². The molecule has 0 amide bonds. The third-order valence-electron chi connectivity index (χ3n) is 7.25. The number of aromatic amines is 1. The average Bonchev–Trinajstić information content (AvgIpc) is 3.24. The van der Waals surface area contributed by atoms with Gasteiger partial charge in [0, 0.05) is 23.3 Å². The van der Waals surface area contributed by atoms with Gasteiger partial charge in [-0.05, 0) is 85.7 Å². The smallest absolute Gasteiger partial charge is 0.306 e. The summed E-state index contributed by atoms with van der Waals surface area (Å²) in [6.07, 6.45) is 4.79. The molecular weight excluding hydrogens is 499 g/mol. The van der Waals surface area contributed by atoms with Gasteiger partial charge in [-0.3, -0.25) is 14.8 Å². The highest BCUT2D eigenvalue weighted by Gasteiger charge is 2.27. The molecule has 0 spiro atoms. The molecule has 2 aliphatic rings. The first-order chi connectivity index (χ1) is 17.3. The zero-order valence-electron chi connectivity index (χ0n) is 20.4. The molecule has 3 aromatic rings. The fourth-order valence-electron chi connectivity index (χ4n) is 5.18. The van der Waals surface area contributed by atoms with Crippen molar-refractivity contribution < 1.29 is 14.6 Å². The highest BCUT2D eigenvalue weighted by atomic mass is 35.5. The van der Waals surface area contributed by atoms with E-state index in [4.69, 9.17) is 27.9 Å². The van der Waals surface area contributed by atoms with Crippen LogP contribution in [0.5, 0.6) is 5.75 Å². The Morgan fingerprint density at radius 1 is 1.22 bits per heavy atom. The van der Waals surface area contributed by atoms with Crippen LogP contribution < -0.4 is 4.74 Å². The third-order valence-corrected chi connectivity index (χ3v) is 8.01. The van der Waals surface area contributed by atoms with Crippen molar-refractivity contribution in [2.45, 2.75) is 45.6 Å². The minimum Gasteiger partial charge on any atom is -0.485 e. The quantitative estimate of drug-likeness (QED) is 0.386. The average molecular weight is 529 g/mol. The summed E-state index contributed by atoms with van der Waals surface area (Å²) in [6.45, 7) is 6.63. The van der Waals surface area contributed by atoms with E-state index in [0.29, 0.717) is 23.6 Å². The maximum atomic E-state index is 11.2. The standard InChI is InChI=1S/C27H30Cl2N4O3/c1-15(2)24(19-12-22-25(29)31-32-26(22)30-13-19)36-20-5-6-21-17(11-20)3-4-18(23(21)28)14-33-9-7-16(8-10-33)27(34)35/h5-6,11-13,15-16,24H,3-4,7-10,14H2,1-2H3,(H,34,35)(H,30,31,32). The molecule has 1 fully saturated rings. The Morgan fingerprint density at radius 2 is 2.00 bits per heavy atom. The Kier molecular flexibility index (Phi) is 7.24. The van der Waals surface area contributed by atoms with Gasteiger partial charge in [-0.15, -0.1) is 0 Å². The molecule has 190 valence electrons. The van der Waals surface area contributed by atoms with Gasteiger partial charge in [-0.1, -0.05) is 37.0 Å². The second kappa shape index (κ2) is 10.4. The number of rotatable bonds is 7. The van der Waals surface area contributed by atoms with Gasteiger partial charge >= 0.3 is 5.97 Å².